The second kappa shape index (κ2) is 51.5. The standard InChI is InChI=1S/C77H117N19O13S2/c1-49(2)44-58(92-70(104)55(88-48-97)37-43-110-3)73(107)94-60(45-50-22-8-4-9-23-50)74(108)93-59(46-51-33-35-53(36-34-51)67(101)52-24-10-5-11-25-52)69(103)85-40-18-6-12-30-63(98)83-38-17-7-13-32-65(100)89-56(27-20-41-86-75(79)80)71(105)91-57(28-21-42-87-76(81)82)72(106)90-54(68(78)102)26-16-19-39-84-64(99)31-15-14-29-62-66-61(47-111-62)95-77(109)96-66/h4-5,8-11,22-25,33-36,48-49,54-62,66H,6-7,12-21,26-32,37-47H2,1-3H3,(H2,78,102)(H,83,98)(H,84,99)(H,85,103)(H,88,97)(H,89,100)(H,90,106)(H,91,105)(H,92,104)(H,93,108)(H,94,107)(H4,79,80,86)(H4,81,82,87)(H2,95,96,109)/t54-,55-,56-,57-,58-,59-,60-,61-,62-,66-/m0/s1. The monoisotopic (exact) mass is 1580 g/mol. The van der Waals surface area contributed by atoms with Gasteiger partial charge in [0.25, 0.3) is 0 Å². The van der Waals surface area contributed by atoms with E-state index in [-0.39, 0.29) is 137 Å². The molecule has 22 N–H and O–H groups in total. The van der Waals surface area contributed by atoms with Crippen LogP contribution >= 0.6 is 23.5 Å². The number of thioether (sulfide) groups is 2. The molecule has 2 fully saturated rings. The first-order chi connectivity index (χ1) is 53.3. The fourth-order valence-corrected chi connectivity index (χ4v) is 14.7. The lowest BCUT2D eigenvalue weighted by atomic mass is 9.98. The molecule has 2 heterocycles. The predicted octanol–water partition coefficient (Wildman–Crippen LogP) is 1.48. The van der Waals surface area contributed by atoms with E-state index >= 15 is 0 Å². The second-order valence-corrected chi connectivity index (χ2v) is 30.5. The summed E-state index contributed by atoms with van der Waals surface area (Å²) in [5, 5.41) is 34.2. The predicted molar refractivity (Wildman–Crippen MR) is 430 cm³/mol. The Labute approximate surface area is 658 Å². The number of urea groups is 1. The number of nitrogens with one attached hydrogen (secondary N) is 12. The molecule has 0 aromatic heterocycles. The van der Waals surface area contributed by atoms with Gasteiger partial charge in [-0.15, -0.1) is 0 Å². The number of nitrogens with two attached hydrogens (primary N) is 5. The molecule has 2 aliphatic rings. The van der Waals surface area contributed by atoms with Gasteiger partial charge in [0.1, 0.15) is 42.3 Å². The van der Waals surface area contributed by atoms with Crippen molar-refractivity contribution in [3.8, 4) is 0 Å². The van der Waals surface area contributed by atoms with Gasteiger partial charge in [-0.1, -0.05) is 118 Å². The summed E-state index contributed by atoms with van der Waals surface area (Å²) >= 11 is 3.32. The van der Waals surface area contributed by atoms with Crippen LogP contribution in [0.25, 0.3) is 0 Å². The van der Waals surface area contributed by atoms with E-state index in [1.165, 1.54) is 11.8 Å². The SMILES string of the molecule is CSCC[C@H](NC=O)C(=O)N[C@@H](CC(C)C)C(=O)N[C@@H](Cc1ccccc1)C(=O)N[C@@H](Cc1ccc(C(=O)c2ccccc2)cc1)C(=O)NCCCCCC(=O)NCCCCCC(=O)N[C@@H](CCCN=C(N)N)C(=O)N[C@@H](CCCN=C(N)N)C(=O)N[C@@H](CCCCNC(=O)CCCC[C@@H]1SC[C@@H]2NC(=O)N[C@@H]21)C(N)=O. The maximum absolute atomic E-state index is 14.6. The molecule has 34 heteroatoms. The summed E-state index contributed by atoms with van der Waals surface area (Å²) in [6, 6.07) is 16.8. The molecule has 3 aromatic carbocycles. The number of benzene rings is 3. The average Bonchev–Trinajstić information content (AvgIpc) is 1.67. The first-order valence-electron chi connectivity index (χ1n) is 38.5. The number of unbranched alkanes of at least 4 members (excludes halogenated alkanes) is 6. The van der Waals surface area contributed by atoms with Crippen LogP contribution in [0.1, 0.15) is 176 Å². The molecule has 32 nitrogen and oxygen atoms in total. The Balaban J connectivity index is 1.09. The molecule has 3 aromatic rings. The Morgan fingerprint density at radius 2 is 0.964 bits per heavy atom. The minimum absolute atomic E-state index is 0.00508. The van der Waals surface area contributed by atoms with Crippen molar-refractivity contribution < 1.29 is 62.3 Å². The van der Waals surface area contributed by atoms with E-state index in [1.54, 1.807) is 72.8 Å². The van der Waals surface area contributed by atoms with Crippen molar-refractivity contribution in [2.24, 2.45) is 44.6 Å². The van der Waals surface area contributed by atoms with Gasteiger partial charge in [0.2, 0.25) is 65.5 Å². The molecular formula is C77H117N19O13S2. The summed E-state index contributed by atoms with van der Waals surface area (Å²) in [6.07, 6.45) is 10.6. The first-order valence-corrected chi connectivity index (χ1v) is 40.9. The molecule has 0 aliphatic carbocycles. The van der Waals surface area contributed by atoms with E-state index in [0.717, 1.165) is 18.6 Å². The summed E-state index contributed by atoms with van der Waals surface area (Å²) in [7, 11) is 0. The normalized spacial score (nSPS) is 16.0. The van der Waals surface area contributed by atoms with Crippen molar-refractivity contribution in [3.05, 3.63) is 107 Å². The molecule has 0 radical (unpaired) electrons. The molecule has 0 saturated carbocycles. The van der Waals surface area contributed by atoms with Crippen LogP contribution in [-0.2, 0) is 65.6 Å². The number of guanidine groups is 2. The van der Waals surface area contributed by atoms with Crippen LogP contribution in [0, 0.1) is 5.92 Å². The number of nitrogens with zero attached hydrogens (tertiary/aromatic N) is 2. The molecule has 5 rings (SSSR count). The van der Waals surface area contributed by atoms with Crippen LogP contribution in [0.2, 0.25) is 0 Å². The maximum Gasteiger partial charge on any atom is 0.315 e. The lowest BCUT2D eigenvalue weighted by Crippen LogP contribution is -2.59. The summed E-state index contributed by atoms with van der Waals surface area (Å²) in [5.41, 5.74) is 30.2. The highest BCUT2D eigenvalue weighted by Gasteiger charge is 2.43. The minimum Gasteiger partial charge on any atom is -0.370 e. The Hall–Kier alpha value is -9.99. The Kier molecular flexibility index (Phi) is 42.5. The van der Waals surface area contributed by atoms with Gasteiger partial charge in [0, 0.05) is 87.0 Å². The highest BCUT2D eigenvalue weighted by molar-refractivity contribution is 8.00. The van der Waals surface area contributed by atoms with Gasteiger partial charge in [-0.05, 0) is 125 Å². The first kappa shape index (κ1) is 91.6. The van der Waals surface area contributed by atoms with Gasteiger partial charge >= 0.3 is 6.03 Å². The number of hydrogen-bond acceptors (Lipinski definition) is 17. The summed E-state index contributed by atoms with van der Waals surface area (Å²) in [4.78, 5) is 181. The third kappa shape index (κ3) is 36.2. The number of ketones is 1. The zero-order valence-electron chi connectivity index (χ0n) is 64.1. The van der Waals surface area contributed by atoms with Gasteiger partial charge in [-0.2, -0.15) is 23.5 Å². The zero-order valence-corrected chi connectivity index (χ0v) is 65.8. The van der Waals surface area contributed by atoms with Crippen molar-refractivity contribution in [1.82, 2.24) is 63.8 Å². The van der Waals surface area contributed by atoms with Crippen LogP contribution in [0.15, 0.2) is 94.9 Å². The largest absolute Gasteiger partial charge is 0.370 e. The zero-order chi connectivity index (χ0) is 80.9. The van der Waals surface area contributed by atoms with Crippen molar-refractivity contribution in [1.29, 1.82) is 0 Å². The lowest BCUT2D eigenvalue weighted by Gasteiger charge is -2.27. The Morgan fingerprint density at radius 1 is 0.495 bits per heavy atom. The molecule has 2 aliphatic heterocycles. The molecule has 10 atom stereocenters. The minimum atomic E-state index is -1.22. The number of rotatable bonds is 56. The molecule has 610 valence electrons. The number of carbonyl (C=O) groups excluding carboxylic acids is 13. The van der Waals surface area contributed by atoms with E-state index in [1.807, 2.05) is 44.0 Å². The lowest BCUT2D eigenvalue weighted by molar-refractivity contribution is -0.134. The summed E-state index contributed by atoms with van der Waals surface area (Å²) < 4.78 is 0. The third-order valence-corrected chi connectivity index (χ3v) is 20.9. The molecule has 111 heavy (non-hydrogen) atoms. The maximum atomic E-state index is 14.6. The van der Waals surface area contributed by atoms with Crippen LogP contribution < -0.4 is 92.5 Å². The number of aliphatic imine (C=N–C) groups is 2. The van der Waals surface area contributed by atoms with Crippen molar-refractivity contribution in [2.45, 2.75) is 221 Å². The van der Waals surface area contributed by atoms with Crippen LogP contribution in [0.4, 0.5) is 4.79 Å². The van der Waals surface area contributed by atoms with Gasteiger partial charge in [-0.25, -0.2) is 4.79 Å². The fraction of sp³-hybridized carbons (Fsp3) is 0.571. The van der Waals surface area contributed by atoms with Crippen molar-refractivity contribution in [3.63, 3.8) is 0 Å². The molecule has 0 bridgehead atoms. The quantitative estimate of drug-likeness (QED) is 0.00950. The van der Waals surface area contributed by atoms with Gasteiger partial charge in [-0.3, -0.25) is 67.5 Å². The van der Waals surface area contributed by atoms with E-state index in [4.69, 9.17) is 28.7 Å². The number of carbonyl (C=O) groups is 13. The van der Waals surface area contributed by atoms with Crippen molar-refractivity contribution in [2.75, 3.05) is 50.5 Å². The van der Waals surface area contributed by atoms with E-state index < -0.39 is 89.6 Å². The molecular weight excluding hydrogens is 1460 g/mol. The topological polar surface area (TPSA) is 521 Å². The van der Waals surface area contributed by atoms with Crippen LogP contribution in [0.5, 0.6) is 0 Å². The van der Waals surface area contributed by atoms with Gasteiger partial charge in [0.15, 0.2) is 17.7 Å². The smallest absolute Gasteiger partial charge is 0.315 e. The van der Waals surface area contributed by atoms with Crippen LogP contribution in [-0.4, -0.2) is 199 Å². The molecule has 2 saturated heterocycles. The Bertz CT molecular complexity index is 3540. The number of hydrogen-bond donors (Lipinski definition) is 17. The van der Waals surface area contributed by atoms with E-state index in [0.29, 0.717) is 123 Å². The van der Waals surface area contributed by atoms with Crippen molar-refractivity contribution >= 4 is 113 Å². The number of fused-ring (bicyclic) bond motifs is 1. The third-order valence-electron chi connectivity index (χ3n) is 18.7. The van der Waals surface area contributed by atoms with Gasteiger partial charge in [0.05, 0.1) is 12.1 Å². The number of primary amides is 1. The van der Waals surface area contributed by atoms with Gasteiger partial charge < -0.3 is 92.5 Å². The van der Waals surface area contributed by atoms with E-state index in [9.17, 15) is 62.3 Å². The second-order valence-electron chi connectivity index (χ2n) is 28.2. The highest BCUT2D eigenvalue weighted by Crippen LogP contribution is 2.33. The van der Waals surface area contributed by atoms with Crippen LogP contribution in [0.3, 0.4) is 0 Å². The Morgan fingerprint density at radius 3 is 1.53 bits per heavy atom. The van der Waals surface area contributed by atoms with E-state index in [2.05, 4.69) is 73.8 Å². The highest BCUT2D eigenvalue weighted by atomic mass is 32.2. The average molecular weight is 1580 g/mol. The fourth-order valence-electron chi connectivity index (χ4n) is 12.7. The summed E-state index contributed by atoms with van der Waals surface area (Å²) in [6.45, 7) is 4.90. The molecule has 0 spiro atoms. The summed E-state index contributed by atoms with van der Waals surface area (Å²) in [5.74, 6) is -4.44. The molecule has 13 amide bonds. The number of amides is 13. The molecule has 0 unspecified atom stereocenters.